The minimum absolute atomic E-state index is 0.170. The quantitative estimate of drug-likeness (QED) is 0.458. The van der Waals surface area contributed by atoms with Crippen LogP contribution in [0.3, 0.4) is 0 Å². The van der Waals surface area contributed by atoms with Crippen molar-refractivity contribution in [3.8, 4) is 6.07 Å². The largest absolute Gasteiger partial charge is 0.365 e. The molecule has 2 fully saturated rings. The van der Waals surface area contributed by atoms with Crippen molar-refractivity contribution in [3.63, 3.8) is 0 Å². The highest BCUT2D eigenvalue weighted by Gasteiger charge is 2.27. The second kappa shape index (κ2) is 10.9. The third kappa shape index (κ3) is 5.40. The third-order valence-electron chi connectivity index (χ3n) is 6.59. The van der Waals surface area contributed by atoms with Crippen LogP contribution in [0.25, 0.3) is 4.85 Å². The third-order valence-corrected chi connectivity index (χ3v) is 9.50. The zero-order chi connectivity index (χ0) is 25.0. The summed E-state index contributed by atoms with van der Waals surface area (Å²) in [6.07, 6.45) is 3.85. The molecule has 3 heterocycles. The molecular weight excluding hydrogens is 480 g/mol. The Morgan fingerprint density at radius 3 is 2.54 bits per heavy atom. The van der Waals surface area contributed by atoms with Crippen molar-refractivity contribution < 1.29 is 8.42 Å². The maximum atomic E-state index is 12.4. The highest BCUT2D eigenvalue weighted by molar-refractivity contribution is 7.98. The van der Waals surface area contributed by atoms with Gasteiger partial charge >= 0.3 is 0 Å². The van der Waals surface area contributed by atoms with E-state index in [0.29, 0.717) is 52.9 Å². The van der Waals surface area contributed by atoms with Gasteiger partial charge in [0.05, 0.1) is 23.6 Å². The van der Waals surface area contributed by atoms with Gasteiger partial charge in [-0.25, -0.2) is 18.2 Å². The van der Waals surface area contributed by atoms with Crippen LogP contribution in [-0.4, -0.2) is 44.8 Å². The van der Waals surface area contributed by atoms with Crippen LogP contribution >= 0.6 is 11.8 Å². The molecule has 0 bridgehead atoms. The minimum Gasteiger partial charge on any atom is -0.365 e. The number of rotatable bonds is 6. The molecule has 2 saturated heterocycles. The number of thioether (sulfide) groups is 1. The summed E-state index contributed by atoms with van der Waals surface area (Å²) in [5.41, 5.74) is 9.46. The Balaban J connectivity index is 1.58. The number of nitriles is 1. The number of nitrogens with two attached hydrogens (primary N) is 1. The van der Waals surface area contributed by atoms with Gasteiger partial charge in [0.25, 0.3) is 0 Å². The van der Waals surface area contributed by atoms with E-state index in [0.717, 1.165) is 43.5 Å². The van der Waals surface area contributed by atoms with E-state index in [1.807, 2.05) is 31.2 Å². The number of hydrogen-bond acceptors (Lipinski definition) is 7. The minimum atomic E-state index is -3.24. The van der Waals surface area contributed by atoms with Crippen LogP contribution in [0.1, 0.15) is 49.3 Å². The lowest BCUT2D eigenvalue weighted by molar-refractivity contribution is 0.498. The van der Waals surface area contributed by atoms with Crippen molar-refractivity contribution in [2.75, 3.05) is 34.6 Å². The van der Waals surface area contributed by atoms with Gasteiger partial charge in [-0.3, -0.25) is 4.31 Å². The summed E-state index contributed by atoms with van der Waals surface area (Å²) >= 11 is 1.47. The summed E-state index contributed by atoms with van der Waals surface area (Å²) in [6, 6.07) is 10.0. The van der Waals surface area contributed by atoms with E-state index in [4.69, 9.17) is 17.3 Å². The number of hydrogen-bond donors (Lipinski definition) is 1. The van der Waals surface area contributed by atoms with Gasteiger partial charge < -0.3 is 10.6 Å². The lowest BCUT2D eigenvalue weighted by atomic mass is 10.0. The molecule has 0 aliphatic carbocycles. The normalized spacial score (nSPS) is 18.2. The molecule has 4 rings (SSSR count). The molecule has 0 spiro atoms. The molecule has 1 aromatic heterocycles. The van der Waals surface area contributed by atoms with E-state index >= 15 is 0 Å². The Morgan fingerprint density at radius 1 is 1.23 bits per heavy atom. The fourth-order valence-electron chi connectivity index (χ4n) is 4.59. The number of benzene rings is 1. The second-order valence-corrected chi connectivity index (χ2v) is 11.9. The molecule has 2 aliphatic rings. The summed E-state index contributed by atoms with van der Waals surface area (Å²) in [4.78, 5) is 10.7. The van der Waals surface area contributed by atoms with Gasteiger partial charge in [0.2, 0.25) is 15.7 Å². The second-order valence-electron chi connectivity index (χ2n) is 8.89. The molecule has 2 aromatic rings. The van der Waals surface area contributed by atoms with Crippen LogP contribution in [-0.2, 0) is 22.2 Å². The molecule has 0 radical (unpaired) electrons. The summed E-state index contributed by atoms with van der Waals surface area (Å²) in [7, 11) is -3.24. The Bertz CT molecular complexity index is 1260. The Hall–Kier alpha value is -2.79. The van der Waals surface area contributed by atoms with E-state index in [1.165, 1.54) is 16.1 Å². The molecule has 0 unspecified atom stereocenters. The predicted molar refractivity (Wildman–Crippen MR) is 140 cm³/mol. The van der Waals surface area contributed by atoms with Crippen LogP contribution in [0.4, 0.5) is 17.2 Å². The van der Waals surface area contributed by atoms with E-state index in [2.05, 4.69) is 15.8 Å². The maximum Gasteiger partial charge on any atom is 0.235 e. The molecule has 0 atom stereocenters. The van der Waals surface area contributed by atoms with Crippen molar-refractivity contribution in [1.29, 1.82) is 5.26 Å². The average molecular weight is 511 g/mol. The van der Waals surface area contributed by atoms with Gasteiger partial charge in [-0.1, -0.05) is 19.1 Å². The molecule has 0 amide bonds. The molecule has 184 valence electrons. The lowest BCUT2D eigenvalue weighted by Gasteiger charge is -2.32. The summed E-state index contributed by atoms with van der Waals surface area (Å²) in [5.74, 6) is 1.43. The van der Waals surface area contributed by atoms with E-state index in [9.17, 15) is 13.7 Å². The molecule has 2 N–H and O–H groups in total. The monoisotopic (exact) mass is 510 g/mol. The van der Waals surface area contributed by atoms with Crippen molar-refractivity contribution in [2.24, 2.45) is 5.73 Å². The number of pyridine rings is 1. The summed E-state index contributed by atoms with van der Waals surface area (Å²) < 4.78 is 26.3. The van der Waals surface area contributed by atoms with E-state index < -0.39 is 10.0 Å². The number of sulfonamides is 1. The van der Waals surface area contributed by atoms with Crippen LogP contribution in [0, 0.1) is 17.9 Å². The number of aromatic nitrogens is 1. The first kappa shape index (κ1) is 25.3. The van der Waals surface area contributed by atoms with Crippen molar-refractivity contribution in [3.05, 3.63) is 52.4 Å². The first-order valence-corrected chi connectivity index (χ1v) is 14.5. The van der Waals surface area contributed by atoms with Crippen molar-refractivity contribution >= 4 is 39.0 Å². The number of piperidine rings is 1. The zero-order valence-electron chi connectivity index (χ0n) is 19.9. The molecule has 2 aliphatic heterocycles. The standard InChI is InChI=1S/C25H30N6O2S2/c1-3-21-22(16-26)25(29-24(23(21)28-2)30-13-10-19(27)11-14-30)34-17-18-6-8-20(9-7-18)31-12-4-5-15-35(31,32)33/h6-9,19H,3-5,10-15,17,27H2,1H3. The molecular formula is C25H30N6O2S2. The smallest absolute Gasteiger partial charge is 0.235 e. The molecule has 8 nitrogen and oxygen atoms in total. The molecule has 0 saturated carbocycles. The molecule has 35 heavy (non-hydrogen) atoms. The van der Waals surface area contributed by atoms with Crippen molar-refractivity contribution in [2.45, 2.75) is 55.8 Å². The number of anilines is 2. The number of nitrogens with zero attached hydrogens (tertiary/aromatic N) is 5. The van der Waals surface area contributed by atoms with Crippen LogP contribution in [0.15, 0.2) is 29.3 Å². The van der Waals surface area contributed by atoms with Gasteiger partial charge in [0, 0.05) is 31.4 Å². The van der Waals surface area contributed by atoms with Crippen LogP contribution < -0.4 is 14.9 Å². The van der Waals surface area contributed by atoms with Crippen LogP contribution in [0.5, 0.6) is 0 Å². The van der Waals surface area contributed by atoms with Crippen LogP contribution in [0.2, 0.25) is 0 Å². The van der Waals surface area contributed by atoms with Gasteiger partial charge in [-0.15, -0.1) is 11.8 Å². The summed E-state index contributed by atoms with van der Waals surface area (Å²) in [6.45, 7) is 11.7. The fraction of sp³-hybridized carbons (Fsp3) is 0.480. The van der Waals surface area contributed by atoms with Gasteiger partial charge in [0.15, 0.2) is 0 Å². The molecule has 1 aromatic carbocycles. The van der Waals surface area contributed by atoms with Crippen molar-refractivity contribution in [1.82, 2.24) is 4.98 Å². The molecule has 10 heteroatoms. The lowest BCUT2D eigenvalue weighted by Crippen LogP contribution is -2.40. The average Bonchev–Trinajstić information content (AvgIpc) is 2.87. The highest BCUT2D eigenvalue weighted by atomic mass is 32.2. The SMILES string of the molecule is [C-]#[N+]c1c(N2CCC(N)CC2)nc(SCc2ccc(N3CCCCS3(=O)=O)cc2)c(C#N)c1CC. The predicted octanol–water partition coefficient (Wildman–Crippen LogP) is 4.22. The Labute approximate surface area is 212 Å². The maximum absolute atomic E-state index is 12.4. The zero-order valence-corrected chi connectivity index (χ0v) is 21.5. The fourth-order valence-corrected chi connectivity index (χ4v) is 7.19. The van der Waals surface area contributed by atoms with E-state index in [-0.39, 0.29) is 11.8 Å². The van der Waals surface area contributed by atoms with Gasteiger partial charge in [0.1, 0.15) is 16.9 Å². The highest BCUT2D eigenvalue weighted by Crippen LogP contribution is 2.39. The Morgan fingerprint density at radius 2 is 1.94 bits per heavy atom. The first-order chi connectivity index (χ1) is 16.9. The first-order valence-electron chi connectivity index (χ1n) is 11.9. The van der Waals surface area contributed by atoms with E-state index in [1.54, 1.807) is 0 Å². The Kier molecular flexibility index (Phi) is 7.85. The topological polar surface area (TPSA) is 108 Å². The van der Waals surface area contributed by atoms with Gasteiger partial charge in [-0.2, -0.15) is 5.26 Å². The summed E-state index contributed by atoms with van der Waals surface area (Å²) in [5, 5.41) is 10.5. The van der Waals surface area contributed by atoms with Gasteiger partial charge in [-0.05, 0) is 55.4 Å².